The lowest BCUT2D eigenvalue weighted by Gasteiger charge is -2.15. The Balaban J connectivity index is 2.91. The number of aromatic nitrogens is 2. The number of halogens is 1. The molecule has 0 spiro atoms. The van der Waals surface area contributed by atoms with Gasteiger partial charge in [0.25, 0.3) is 0 Å². The molecule has 0 aliphatic heterocycles. The van der Waals surface area contributed by atoms with Crippen molar-refractivity contribution < 1.29 is 9.90 Å². The smallest absolute Gasteiger partial charge is 0.432 e. The van der Waals surface area contributed by atoms with Crippen LogP contribution in [0.15, 0.2) is 22.7 Å². The van der Waals surface area contributed by atoms with Crippen LogP contribution < -0.4 is 0 Å². The highest BCUT2D eigenvalue weighted by atomic mass is 79.9. The molecule has 0 aliphatic carbocycles. The van der Waals surface area contributed by atoms with Crippen molar-refractivity contribution in [2.75, 3.05) is 0 Å². The maximum atomic E-state index is 11.2. The van der Waals surface area contributed by atoms with Crippen LogP contribution in [0.25, 0.3) is 10.9 Å². The summed E-state index contributed by atoms with van der Waals surface area (Å²) in [6, 6.07) is 5.46. The van der Waals surface area contributed by atoms with Crippen LogP contribution in [0.2, 0.25) is 0 Å². The van der Waals surface area contributed by atoms with E-state index in [0.29, 0.717) is 5.52 Å². The molecule has 90 valence electrons. The number of carbonyl (C=O) groups is 1. The van der Waals surface area contributed by atoms with E-state index in [2.05, 4.69) is 21.0 Å². The van der Waals surface area contributed by atoms with E-state index in [1.54, 1.807) is 12.1 Å². The summed E-state index contributed by atoms with van der Waals surface area (Å²) >= 11 is 3.46. The first kappa shape index (κ1) is 12.1. The minimum absolute atomic E-state index is 0.206. The third-order valence-corrected chi connectivity index (χ3v) is 3.21. The number of rotatable bonds is 0. The summed E-state index contributed by atoms with van der Waals surface area (Å²) < 4.78 is 1.90. The third-order valence-electron chi connectivity index (χ3n) is 2.55. The molecule has 0 amide bonds. The summed E-state index contributed by atoms with van der Waals surface area (Å²) in [6.45, 7) is 6.04. The van der Waals surface area contributed by atoms with E-state index in [9.17, 15) is 4.79 Å². The lowest BCUT2D eigenvalue weighted by atomic mass is 9.90. The van der Waals surface area contributed by atoms with E-state index >= 15 is 0 Å². The molecule has 1 N–H and O–H groups in total. The van der Waals surface area contributed by atoms with Crippen molar-refractivity contribution in [2.45, 2.75) is 26.2 Å². The second-order valence-electron chi connectivity index (χ2n) is 4.93. The Morgan fingerprint density at radius 3 is 2.59 bits per heavy atom. The molecule has 0 atom stereocenters. The van der Waals surface area contributed by atoms with Gasteiger partial charge < -0.3 is 5.11 Å². The molecule has 5 heteroatoms. The Morgan fingerprint density at radius 1 is 1.41 bits per heavy atom. The fourth-order valence-corrected chi connectivity index (χ4v) is 2.34. The Kier molecular flexibility index (Phi) is 2.73. The van der Waals surface area contributed by atoms with Crippen molar-refractivity contribution in [1.82, 2.24) is 9.78 Å². The molecule has 4 nitrogen and oxygen atoms in total. The molecule has 2 rings (SSSR count). The maximum Gasteiger partial charge on any atom is 0.432 e. The number of hydrogen-bond donors (Lipinski definition) is 1. The van der Waals surface area contributed by atoms with Crippen LogP contribution in [0.4, 0.5) is 4.79 Å². The quantitative estimate of drug-likeness (QED) is 0.808. The average Bonchev–Trinajstić information content (AvgIpc) is 2.57. The summed E-state index contributed by atoms with van der Waals surface area (Å²) in [5.41, 5.74) is 1.18. The number of benzene rings is 1. The summed E-state index contributed by atoms with van der Waals surface area (Å²) in [5.74, 6) is 0. The summed E-state index contributed by atoms with van der Waals surface area (Å²) in [4.78, 5) is 11.2. The van der Waals surface area contributed by atoms with Crippen LogP contribution in [0, 0.1) is 0 Å². The predicted octanol–water partition coefficient (Wildman–Crippen LogP) is 3.62. The highest BCUT2D eigenvalue weighted by Gasteiger charge is 2.25. The van der Waals surface area contributed by atoms with Crippen molar-refractivity contribution in [3.63, 3.8) is 0 Å². The van der Waals surface area contributed by atoms with Gasteiger partial charge in [-0.15, -0.1) is 0 Å². The zero-order valence-electron chi connectivity index (χ0n) is 9.86. The van der Waals surface area contributed by atoms with E-state index in [1.165, 1.54) is 0 Å². The van der Waals surface area contributed by atoms with Gasteiger partial charge in [0.05, 0.1) is 11.2 Å². The predicted molar refractivity (Wildman–Crippen MR) is 69.6 cm³/mol. The van der Waals surface area contributed by atoms with Crippen LogP contribution in [-0.2, 0) is 5.41 Å². The number of hydrogen-bond acceptors (Lipinski definition) is 2. The molecule has 0 radical (unpaired) electrons. The molecular weight excluding hydrogens is 284 g/mol. The number of nitrogens with zero attached hydrogens (tertiary/aromatic N) is 2. The molecule has 1 heterocycles. The van der Waals surface area contributed by atoms with E-state index in [0.717, 1.165) is 20.2 Å². The van der Waals surface area contributed by atoms with Crippen molar-refractivity contribution in [3.05, 3.63) is 28.4 Å². The van der Waals surface area contributed by atoms with Crippen LogP contribution in [-0.4, -0.2) is 21.0 Å². The van der Waals surface area contributed by atoms with Crippen molar-refractivity contribution >= 4 is 32.9 Å². The molecule has 0 aliphatic rings. The van der Waals surface area contributed by atoms with Gasteiger partial charge in [0.2, 0.25) is 0 Å². The lowest BCUT2D eigenvalue weighted by Crippen LogP contribution is -2.15. The van der Waals surface area contributed by atoms with E-state index in [-0.39, 0.29) is 5.41 Å². The first-order chi connectivity index (χ1) is 7.82. The monoisotopic (exact) mass is 296 g/mol. The highest BCUT2D eigenvalue weighted by Crippen LogP contribution is 2.33. The van der Waals surface area contributed by atoms with Gasteiger partial charge in [-0.1, -0.05) is 42.8 Å². The van der Waals surface area contributed by atoms with Gasteiger partial charge in [-0.2, -0.15) is 9.78 Å². The molecule has 1 aromatic heterocycles. The van der Waals surface area contributed by atoms with E-state index < -0.39 is 6.09 Å². The SMILES string of the molecule is CC(C)(C)c1nn(C(=O)O)c2cccc(Br)c12. The van der Waals surface area contributed by atoms with Crippen molar-refractivity contribution in [1.29, 1.82) is 0 Å². The van der Waals surface area contributed by atoms with Gasteiger partial charge >= 0.3 is 6.09 Å². The third kappa shape index (κ3) is 1.95. The molecule has 1 aromatic carbocycles. The van der Waals surface area contributed by atoms with Gasteiger partial charge in [0.15, 0.2) is 0 Å². The summed E-state index contributed by atoms with van der Waals surface area (Å²) in [6.07, 6.45) is -1.07. The first-order valence-electron chi connectivity index (χ1n) is 5.23. The first-order valence-corrected chi connectivity index (χ1v) is 6.02. The maximum absolute atomic E-state index is 11.2. The second-order valence-corrected chi connectivity index (χ2v) is 5.78. The summed E-state index contributed by atoms with van der Waals surface area (Å²) in [7, 11) is 0. The fourth-order valence-electron chi connectivity index (χ4n) is 1.80. The normalized spacial score (nSPS) is 12.0. The zero-order valence-corrected chi connectivity index (χ0v) is 11.4. The minimum Gasteiger partial charge on any atom is -0.463 e. The van der Waals surface area contributed by atoms with E-state index in [4.69, 9.17) is 5.11 Å². The van der Waals surface area contributed by atoms with Gasteiger partial charge in [0, 0.05) is 15.3 Å². The van der Waals surface area contributed by atoms with Gasteiger partial charge in [0.1, 0.15) is 0 Å². The minimum atomic E-state index is -1.07. The van der Waals surface area contributed by atoms with Gasteiger partial charge in [-0.05, 0) is 12.1 Å². The van der Waals surface area contributed by atoms with Crippen molar-refractivity contribution in [2.24, 2.45) is 0 Å². The van der Waals surface area contributed by atoms with E-state index in [1.807, 2.05) is 26.8 Å². The molecular formula is C12H13BrN2O2. The van der Waals surface area contributed by atoms with Crippen molar-refractivity contribution in [3.8, 4) is 0 Å². The molecule has 0 saturated heterocycles. The Bertz CT molecular complexity index is 596. The van der Waals surface area contributed by atoms with Crippen LogP contribution in [0.1, 0.15) is 26.5 Å². The molecule has 0 bridgehead atoms. The lowest BCUT2D eigenvalue weighted by molar-refractivity contribution is 0.193. The van der Waals surface area contributed by atoms with Gasteiger partial charge in [-0.3, -0.25) is 0 Å². The second kappa shape index (κ2) is 3.84. The molecule has 0 saturated carbocycles. The molecule has 2 aromatic rings. The largest absolute Gasteiger partial charge is 0.463 e. The topological polar surface area (TPSA) is 55.1 Å². The molecule has 17 heavy (non-hydrogen) atoms. The molecule has 0 unspecified atom stereocenters. The number of fused-ring (bicyclic) bond motifs is 1. The number of carboxylic acid groups (broad SMARTS) is 1. The Morgan fingerprint density at radius 2 is 2.06 bits per heavy atom. The zero-order chi connectivity index (χ0) is 12.8. The van der Waals surface area contributed by atoms with Crippen LogP contribution in [0.3, 0.4) is 0 Å². The Hall–Kier alpha value is -1.36. The standard InChI is InChI=1S/C12H13BrN2O2/c1-12(2,3)10-9-7(13)5-4-6-8(9)15(14-10)11(16)17/h4-6H,1-3H3,(H,16,17). The fraction of sp³-hybridized carbons (Fsp3) is 0.333. The van der Waals surface area contributed by atoms with Crippen LogP contribution >= 0.6 is 15.9 Å². The summed E-state index contributed by atoms with van der Waals surface area (Å²) in [5, 5.41) is 14.2. The highest BCUT2D eigenvalue weighted by molar-refractivity contribution is 9.10. The average molecular weight is 297 g/mol. The Labute approximate surface area is 107 Å². The van der Waals surface area contributed by atoms with Crippen LogP contribution in [0.5, 0.6) is 0 Å². The molecule has 0 fully saturated rings. The van der Waals surface area contributed by atoms with Gasteiger partial charge in [-0.25, -0.2) is 4.79 Å².